The van der Waals surface area contributed by atoms with Crippen molar-refractivity contribution in [3.63, 3.8) is 0 Å². The maximum atomic E-state index is 11.8. The number of rotatable bonds is 3. The van der Waals surface area contributed by atoms with E-state index in [1.165, 1.54) is 6.92 Å². The van der Waals surface area contributed by atoms with Gasteiger partial charge in [-0.2, -0.15) is 0 Å². The zero-order valence-corrected chi connectivity index (χ0v) is 11.1. The molecule has 0 saturated carbocycles. The van der Waals surface area contributed by atoms with E-state index in [4.69, 9.17) is 0 Å². The minimum Gasteiger partial charge on any atom is -0.342 e. The van der Waals surface area contributed by atoms with Crippen LogP contribution >= 0.6 is 15.9 Å². The Labute approximate surface area is 103 Å². The molecule has 0 aliphatic heterocycles. The van der Waals surface area contributed by atoms with Gasteiger partial charge in [-0.25, -0.2) is 0 Å². The Bertz CT molecular complexity index is 429. The summed E-state index contributed by atoms with van der Waals surface area (Å²) in [6.45, 7) is 5.04. The Hall–Kier alpha value is -1.16. The maximum Gasteiger partial charge on any atom is 0.253 e. The van der Waals surface area contributed by atoms with Crippen molar-refractivity contribution >= 4 is 27.6 Å². The van der Waals surface area contributed by atoms with Crippen molar-refractivity contribution < 1.29 is 9.59 Å². The van der Waals surface area contributed by atoms with Crippen LogP contribution < -0.4 is 5.32 Å². The van der Waals surface area contributed by atoms with Gasteiger partial charge in [0.15, 0.2) is 5.78 Å². The fourth-order valence-corrected chi connectivity index (χ4v) is 1.64. The number of nitrogens with one attached hydrogen (secondary N) is 1. The van der Waals surface area contributed by atoms with Crippen molar-refractivity contribution in [1.82, 2.24) is 5.32 Å². The molecule has 0 aromatic heterocycles. The Morgan fingerprint density at radius 2 is 2.00 bits per heavy atom. The minimum atomic E-state index is -0.458. The quantitative estimate of drug-likeness (QED) is 0.926. The summed E-state index contributed by atoms with van der Waals surface area (Å²) in [6, 6.07) is 4.99. The second-order valence-electron chi connectivity index (χ2n) is 3.74. The van der Waals surface area contributed by atoms with Gasteiger partial charge in [-0.1, -0.05) is 12.1 Å². The highest BCUT2D eigenvalue weighted by atomic mass is 79.9. The number of ketones is 1. The van der Waals surface area contributed by atoms with E-state index < -0.39 is 6.04 Å². The molecule has 0 saturated heterocycles. The lowest BCUT2D eigenvalue weighted by Crippen LogP contribution is -2.37. The SMILES string of the molecule is CC(=O)C(C)NC(=O)c1cccc(C)c1Br. The standard InChI is InChI=1S/C12H14BrNO2/c1-7-5-4-6-10(11(7)13)12(16)14-8(2)9(3)15/h4-6,8H,1-3H3,(H,14,16). The smallest absolute Gasteiger partial charge is 0.253 e. The molecule has 1 aromatic carbocycles. The van der Waals surface area contributed by atoms with E-state index >= 15 is 0 Å². The van der Waals surface area contributed by atoms with Gasteiger partial charge in [-0.05, 0) is 48.3 Å². The number of benzene rings is 1. The first-order valence-corrected chi connectivity index (χ1v) is 5.79. The number of hydrogen-bond acceptors (Lipinski definition) is 2. The summed E-state index contributed by atoms with van der Waals surface area (Å²) in [5.74, 6) is -0.296. The minimum absolute atomic E-state index is 0.0582. The van der Waals surface area contributed by atoms with Gasteiger partial charge in [-0.3, -0.25) is 9.59 Å². The molecule has 4 heteroatoms. The molecule has 86 valence electrons. The van der Waals surface area contributed by atoms with E-state index in [0.29, 0.717) is 5.56 Å². The molecule has 1 N–H and O–H groups in total. The van der Waals surface area contributed by atoms with Crippen LogP contribution in [0.1, 0.15) is 29.8 Å². The van der Waals surface area contributed by atoms with E-state index in [9.17, 15) is 9.59 Å². The van der Waals surface area contributed by atoms with Crippen molar-refractivity contribution in [2.24, 2.45) is 0 Å². The number of aryl methyl sites for hydroxylation is 1. The second-order valence-corrected chi connectivity index (χ2v) is 4.54. The molecule has 1 amide bonds. The highest BCUT2D eigenvalue weighted by Crippen LogP contribution is 2.20. The van der Waals surface area contributed by atoms with E-state index in [0.717, 1.165) is 10.0 Å². The van der Waals surface area contributed by atoms with Crippen molar-refractivity contribution in [3.05, 3.63) is 33.8 Å². The molecule has 0 aliphatic carbocycles. The van der Waals surface area contributed by atoms with Crippen LogP contribution in [0.5, 0.6) is 0 Å². The number of Topliss-reactive ketones (excluding diaryl/α,β-unsaturated/α-hetero) is 1. The molecule has 0 bridgehead atoms. The lowest BCUT2D eigenvalue weighted by Gasteiger charge is -2.12. The van der Waals surface area contributed by atoms with Gasteiger partial charge in [0.25, 0.3) is 5.91 Å². The van der Waals surface area contributed by atoms with Gasteiger partial charge in [0.05, 0.1) is 11.6 Å². The zero-order valence-electron chi connectivity index (χ0n) is 9.50. The molecule has 0 spiro atoms. The van der Waals surface area contributed by atoms with Gasteiger partial charge in [-0.15, -0.1) is 0 Å². The molecular weight excluding hydrogens is 270 g/mol. The van der Waals surface area contributed by atoms with Crippen LogP contribution in [0.3, 0.4) is 0 Å². The number of amides is 1. The van der Waals surface area contributed by atoms with E-state index in [1.807, 2.05) is 19.1 Å². The van der Waals surface area contributed by atoms with E-state index in [1.54, 1.807) is 13.0 Å². The van der Waals surface area contributed by atoms with Crippen LogP contribution in [-0.2, 0) is 4.79 Å². The third kappa shape index (κ3) is 2.92. The predicted octanol–water partition coefficient (Wildman–Crippen LogP) is 2.46. The fraction of sp³-hybridized carbons (Fsp3) is 0.333. The average Bonchev–Trinajstić information content (AvgIpc) is 2.21. The summed E-state index contributed by atoms with van der Waals surface area (Å²) >= 11 is 3.36. The molecule has 1 atom stereocenters. The molecule has 0 aliphatic rings. The monoisotopic (exact) mass is 283 g/mol. The van der Waals surface area contributed by atoms with Crippen molar-refractivity contribution in [2.75, 3.05) is 0 Å². The van der Waals surface area contributed by atoms with Crippen LogP contribution in [-0.4, -0.2) is 17.7 Å². The molecule has 1 unspecified atom stereocenters. The summed E-state index contributed by atoms with van der Waals surface area (Å²) in [4.78, 5) is 22.9. The Morgan fingerprint density at radius 3 is 2.56 bits per heavy atom. The topological polar surface area (TPSA) is 46.2 Å². The highest BCUT2D eigenvalue weighted by molar-refractivity contribution is 9.10. The van der Waals surface area contributed by atoms with Crippen LogP contribution in [0.2, 0.25) is 0 Å². The number of hydrogen-bond donors (Lipinski definition) is 1. The van der Waals surface area contributed by atoms with Crippen molar-refractivity contribution in [3.8, 4) is 0 Å². The number of halogens is 1. The van der Waals surface area contributed by atoms with Crippen LogP contribution in [0.4, 0.5) is 0 Å². The van der Waals surface area contributed by atoms with Crippen molar-refractivity contribution in [1.29, 1.82) is 0 Å². The van der Waals surface area contributed by atoms with E-state index in [-0.39, 0.29) is 11.7 Å². The Kier molecular flexibility index (Phi) is 4.24. The average molecular weight is 284 g/mol. The van der Waals surface area contributed by atoms with Gasteiger partial charge >= 0.3 is 0 Å². The normalized spacial score (nSPS) is 12.0. The number of carbonyl (C=O) groups is 2. The molecule has 3 nitrogen and oxygen atoms in total. The highest BCUT2D eigenvalue weighted by Gasteiger charge is 2.15. The molecule has 1 aromatic rings. The zero-order chi connectivity index (χ0) is 12.3. The Morgan fingerprint density at radius 1 is 1.38 bits per heavy atom. The Balaban J connectivity index is 2.89. The summed E-state index contributed by atoms with van der Waals surface area (Å²) in [5, 5.41) is 2.65. The first kappa shape index (κ1) is 12.9. The maximum absolute atomic E-state index is 11.8. The lowest BCUT2D eigenvalue weighted by molar-refractivity contribution is -0.118. The van der Waals surface area contributed by atoms with Gasteiger partial charge in [0.2, 0.25) is 0 Å². The molecule has 0 heterocycles. The van der Waals surface area contributed by atoms with E-state index in [2.05, 4.69) is 21.2 Å². The molecule has 1 rings (SSSR count). The van der Waals surface area contributed by atoms with Gasteiger partial charge in [0, 0.05) is 4.47 Å². The summed E-state index contributed by atoms with van der Waals surface area (Å²) in [7, 11) is 0. The van der Waals surface area contributed by atoms with Crippen molar-refractivity contribution in [2.45, 2.75) is 26.8 Å². The molecule has 16 heavy (non-hydrogen) atoms. The third-order valence-electron chi connectivity index (χ3n) is 2.39. The molecule has 0 fully saturated rings. The van der Waals surface area contributed by atoms with Crippen LogP contribution in [0.25, 0.3) is 0 Å². The first-order chi connectivity index (χ1) is 7.43. The molecular formula is C12H14BrNO2. The van der Waals surface area contributed by atoms with Crippen LogP contribution in [0.15, 0.2) is 22.7 Å². The fourth-order valence-electron chi connectivity index (χ4n) is 1.20. The summed E-state index contributed by atoms with van der Waals surface area (Å²) < 4.78 is 0.767. The molecule has 0 radical (unpaired) electrons. The second kappa shape index (κ2) is 5.25. The van der Waals surface area contributed by atoms with Gasteiger partial charge in [0.1, 0.15) is 0 Å². The summed E-state index contributed by atoms with van der Waals surface area (Å²) in [6.07, 6.45) is 0. The lowest BCUT2D eigenvalue weighted by atomic mass is 10.1. The largest absolute Gasteiger partial charge is 0.342 e. The third-order valence-corrected chi connectivity index (χ3v) is 3.45. The summed E-state index contributed by atoms with van der Waals surface area (Å²) in [5.41, 5.74) is 1.54. The van der Waals surface area contributed by atoms with Gasteiger partial charge < -0.3 is 5.32 Å². The first-order valence-electron chi connectivity index (χ1n) is 5.00. The number of carbonyl (C=O) groups excluding carboxylic acids is 2. The predicted molar refractivity (Wildman–Crippen MR) is 66.5 cm³/mol. The van der Waals surface area contributed by atoms with Crippen LogP contribution in [0, 0.1) is 6.92 Å².